The van der Waals surface area contributed by atoms with Crippen LogP contribution in [0.3, 0.4) is 0 Å². The standard InChI is InChI=1S/C18H34N4O.HI/c1-15-6-4-5-9-22(15)16(2)12-20-17(19-3)21-10-7-18(13-21)8-11-23-14-18;/h15-16H,4-14H2,1-3H3,(H,19,20);1H. The van der Waals surface area contributed by atoms with Gasteiger partial charge in [-0.15, -0.1) is 24.0 Å². The molecule has 3 fully saturated rings. The molecule has 140 valence electrons. The zero-order chi connectivity index (χ0) is 16.3. The van der Waals surface area contributed by atoms with Crippen molar-refractivity contribution in [2.75, 3.05) is 46.4 Å². The second-order valence-electron chi connectivity index (χ2n) is 7.83. The number of ether oxygens (including phenoxy) is 1. The lowest BCUT2D eigenvalue weighted by Gasteiger charge is -2.38. The van der Waals surface area contributed by atoms with Crippen LogP contribution in [0.15, 0.2) is 4.99 Å². The summed E-state index contributed by atoms with van der Waals surface area (Å²) in [6.07, 6.45) is 6.53. The molecule has 1 N–H and O–H groups in total. The third-order valence-electron chi connectivity index (χ3n) is 6.11. The summed E-state index contributed by atoms with van der Waals surface area (Å²) in [5, 5.41) is 3.63. The molecule has 1 spiro atoms. The van der Waals surface area contributed by atoms with Crippen LogP contribution in [0.25, 0.3) is 0 Å². The monoisotopic (exact) mass is 450 g/mol. The van der Waals surface area contributed by atoms with Crippen LogP contribution in [0.5, 0.6) is 0 Å². The van der Waals surface area contributed by atoms with Gasteiger partial charge in [0.15, 0.2) is 5.96 Å². The first-order valence-electron chi connectivity index (χ1n) is 9.43. The molecule has 5 nitrogen and oxygen atoms in total. The number of piperidine rings is 1. The Bertz CT molecular complexity index is 425. The number of hydrogen-bond acceptors (Lipinski definition) is 3. The highest BCUT2D eigenvalue weighted by atomic mass is 127. The first kappa shape index (κ1) is 20.2. The quantitative estimate of drug-likeness (QED) is 0.408. The Hall–Kier alpha value is -0.0800. The van der Waals surface area contributed by atoms with E-state index in [1.807, 2.05) is 7.05 Å². The van der Waals surface area contributed by atoms with Gasteiger partial charge in [0.25, 0.3) is 0 Å². The van der Waals surface area contributed by atoms with E-state index in [4.69, 9.17) is 4.74 Å². The third-order valence-corrected chi connectivity index (χ3v) is 6.11. The van der Waals surface area contributed by atoms with Crippen molar-refractivity contribution in [3.63, 3.8) is 0 Å². The van der Waals surface area contributed by atoms with Crippen molar-refractivity contribution in [2.45, 2.75) is 58.0 Å². The van der Waals surface area contributed by atoms with Gasteiger partial charge in [0.1, 0.15) is 0 Å². The average Bonchev–Trinajstić information content (AvgIpc) is 3.19. The molecule has 0 bridgehead atoms. The Morgan fingerprint density at radius 3 is 2.83 bits per heavy atom. The molecule has 0 amide bonds. The van der Waals surface area contributed by atoms with Crippen LogP contribution in [0, 0.1) is 5.41 Å². The van der Waals surface area contributed by atoms with E-state index in [0.29, 0.717) is 17.5 Å². The average molecular weight is 450 g/mol. The van der Waals surface area contributed by atoms with Crippen molar-refractivity contribution in [1.29, 1.82) is 0 Å². The van der Waals surface area contributed by atoms with Crippen LogP contribution in [0.1, 0.15) is 46.0 Å². The molecule has 6 heteroatoms. The van der Waals surface area contributed by atoms with Crippen molar-refractivity contribution >= 4 is 29.9 Å². The van der Waals surface area contributed by atoms with Crippen molar-refractivity contribution in [3.05, 3.63) is 0 Å². The molecular formula is C18H35IN4O. The first-order chi connectivity index (χ1) is 11.1. The number of likely N-dealkylation sites (tertiary alicyclic amines) is 2. The van der Waals surface area contributed by atoms with E-state index in [1.54, 1.807) is 0 Å². The highest BCUT2D eigenvalue weighted by molar-refractivity contribution is 14.0. The Morgan fingerprint density at radius 2 is 2.17 bits per heavy atom. The van der Waals surface area contributed by atoms with Gasteiger partial charge >= 0.3 is 0 Å². The maximum atomic E-state index is 5.64. The summed E-state index contributed by atoms with van der Waals surface area (Å²) in [5.74, 6) is 1.07. The van der Waals surface area contributed by atoms with Gasteiger partial charge < -0.3 is 15.0 Å². The molecule has 0 saturated carbocycles. The second-order valence-corrected chi connectivity index (χ2v) is 7.83. The number of hydrogen-bond donors (Lipinski definition) is 1. The fourth-order valence-electron chi connectivity index (χ4n) is 4.55. The van der Waals surface area contributed by atoms with Crippen molar-refractivity contribution in [3.8, 4) is 0 Å². The molecule has 24 heavy (non-hydrogen) atoms. The fourth-order valence-corrected chi connectivity index (χ4v) is 4.55. The SMILES string of the molecule is CN=C(NCC(C)N1CCCCC1C)N1CCC2(CCOC2)C1.I. The zero-order valence-corrected chi connectivity index (χ0v) is 17.9. The lowest BCUT2D eigenvalue weighted by molar-refractivity contribution is 0.115. The van der Waals surface area contributed by atoms with Gasteiger partial charge in [-0.3, -0.25) is 9.89 Å². The second kappa shape index (κ2) is 9.03. The van der Waals surface area contributed by atoms with Crippen LogP contribution >= 0.6 is 24.0 Å². The van der Waals surface area contributed by atoms with Crippen molar-refractivity contribution < 1.29 is 4.74 Å². The normalized spacial score (nSPS) is 32.9. The van der Waals surface area contributed by atoms with E-state index >= 15 is 0 Å². The minimum absolute atomic E-state index is 0. The van der Waals surface area contributed by atoms with Gasteiger partial charge in [0.05, 0.1) is 6.61 Å². The highest BCUT2D eigenvalue weighted by Gasteiger charge is 2.42. The largest absolute Gasteiger partial charge is 0.381 e. The molecule has 3 aliphatic rings. The number of nitrogens with zero attached hydrogens (tertiary/aromatic N) is 3. The van der Waals surface area contributed by atoms with Crippen LogP contribution < -0.4 is 5.32 Å². The predicted octanol–water partition coefficient (Wildman–Crippen LogP) is 2.56. The molecular weight excluding hydrogens is 415 g/mol. The molecule has 0 aromatic carbocycles. The molecule has 0 radical (unpaired) electrons. The van der Waals surface area contributed by atoms with Crippen LogP contribution in [0.4, 0.5) is 0 Å². The number of aliphatic imine (C=N–C) groups is 1. The van der Waals surface area contributed by atoms with E-state index in [2.05, 4.69) is 34.0 Å². The number of guanidine groups is 1. The molecule has 0 aromatic heterocycles. The minimum Gasteiger partial charge on any atom is -0.381 e. The van der Waals surface area contributed by atoms with Gasteiger partial charge in [-0.2, -0.15) is 0 Å². The molecule has 3 rings (SSSR count). The first-order valence-corrected chi connectivity index (χ1v) is 9.43. The molecule has 3 heterocycles. The molecule has 3 unspecified atom stereocenters. The fraction of sp³-hybridized carbons (Fsp3) is 0.944. The molecule has 3 aliphatic heterocycles. The lowest BCUT2D eigenvalue weighted by Crippen LogP contribution is -2.50. The smallest absolute Gasteiger partial charge is 0.193 e. The summed E-state index contributed by atoms with van der Waals surface area (Å²) >= 11 is 0. The summed E-state index contributed by atoms with van der Waals surface area (Å²) in [6.45, 7) is 11.0. The molecule has 3 atom stereocenters. The van der Waals surface area contributed by atoms with E-state index in [9.17, 15) is 0 Å². The molecule has 3 saturated heterocycles. The lowest BCUT2D eigenvalue weighted by atomic mass is 9.87. The Balaban J connectivity index is 0.00000208. The number of rotatable bonds is 3. The predicted molar refractivity (Wildman–Crippen MR) is 110 cm³/mol. The number of halogens is 1. The van der Waals surface area contributed by atoms with Gasteiger partial charge in [0, 0.05) is 50.8 Å². The van der Waals surface area contributed by atoms with Crippen LogP contribution in [0.2, 0.25) is 0 Å². The van der Waals surface area contributed by atoms with E-state index in [0.717, 1.165) is 38.8 Å². The Labute approximate surface area is 164 Å². The minimum atomic E-state index is 0. The van der Waals surface area contributed by atoms with E-state index in [-0.39, 0.29) is 24.0 Å². The van der Waals surface area contributed by atoms with E-state index in [1.165, 1.54) is 38.6 Å². The molecule has 0 aromatic rings. The van der Waals surface area contributed by atoms with Crippen LogP contribution in [-0.2, 0) is 4.74 Å². The van der Waals surface area contributed by atoms with Gasteiger partial charge in [-0.25, -0.2) is 0 Å². The Kier molecular flexibility index (Phi) is 7.61. The highest BCUT2D eigenvalue weighted by Crippen LogP contribution is 2.38. The summed E-state index contributed by atoms with van der Waals surface area (Å²) < 4.78 is 5.64. The maximum absolute atomic E-state index is 5.64. The van der Waals surface area contributed by atoms with E-state index < -0.39 is 0 Å². The maximum Gasteiger partial charge on any atom is 0.193 e. The topological polar surface area (TPSA) is 40.1 Å². The van der Waals surface area contributed by atoms with Gasteiger partial charge in [0.2, 0.25) is 0 Å². The van der Waals surface area contributed by atoms with Crippen molar-refractivity contribution in [1.82, 2.24) is 15.1 Å². The van der Waals surface area contributed by atoms with Gasteiger partial charge in [-0.1, -0.05) is 6.42 Å². The molecule has 0 aliphatic carbocycles. The Morgan fingerprint density at radius 1 is 1.33 bits per heavy atom. The zero-order valence-electron chi connectivity index (χ0n) is 15.6. The van der Waals surface area contributed by atoms with Crippen LogP contribution in [-0.4, -0.2) is 74.3 Å². The third kappa shape index (κ3) is 4.55. The summed E-state index contributed by atoms with van der Waals surface area (Å²) in [6, 6.07) is 1.28. The van der Waals surface area contributed by atoms with Crippen molar-refractivity contribution in [2.24, 2.45) is 10.4 Å². The summed E-state index contributed by atoms with van der Waals surface area (Å²) in [7, 11) is 1.91. The summed E-state index contributed by atoms with van der Waals surface area (Å²) in [5.41, 5.74) is 0.393. The van der Waals surface area contributed by atoms with Gasteiger partial charge in [-0.05, 0) is 46.1 Å². The summed E-state index contributed by atoms with van der Waals surface area (Å²) in [4.78, 5) is 9.62. The number of nitrogens with one attached hydrogen (secondary N) is 1.